The van der Waals surface area contributed by atoms with E-state index < -0.39 is 0 Å². The van der Waals surface area contributed by atoms with Gasteiger partial charge in [-0.3, -0.25) is 4.79 Å². The van der Waals surface area contributed by atoms with Gasteiger partial charge in [-0.2, -0.15) is 0 Å². The highest BCUT2D eigenvalue weighted by Crippen LogP contribution is 2.19. The number of nitrogens with one attached hydrogen (secondary N) is 1. The number of rotatable bonds is 6. The molecular weight excluding hydrogens is 274 g/mol. The largest absolute Gasteiger partial charge is 0.375 e. The second-order valence-corrected chi connectivity index (χ2v) is 5.34. The molecule has 2 rings (SSSR count). The summed E-state index contributed by atoms with van der Waals surface area (Å²) < 4.78 is 5.53. The molecule has 0 spiro atoms. The van der Waals surface area contributed by atoms with Crippen molar-refractivity contribution in [1.82, 2.24) is 5.32 Å². The quantitative estimate of drug-likeness (QED) is 0.883. The van der Waals surface area contributed by atoms with Crippen molar-refractivity contribution in [3.05, 3.63) is 70.8 Å². The fourth-order valence-electron chi connectivity index (χ4n) is 2.45. The Morgan fingerprint density at radius 3 is 2.41 bits per heavy atom. The summed E-state index contributed by atoms with van der Waals surface area (Å²) in [6, 6.07) is 15.8. The van der Waals surface area contributed by atoms with Crippen molar-refractivity contribution in [2.75, 3.05) is 13.7 Å². The summed E-state index contributed by atoms with van der Waals surface area (Å²) in [5.41, 5.74) is 4.17. The van der Waals surface area contributed by atoms with Crippen LogP contribution in [-0.4, -0.2) is 19.6 Å². The summed E-state index contributed by atoms with van der Waals surface area (Å²) in [5, 5.41) is 2.95. The molecule has 1 atom stereocenters. The van der Waals surface area contributed by atoms with Crippen molar-refractivity contribution >= 4 is 5.91 Å². The molecule has 0 aliphatic rings. The Balaban J connectivity index is 2.00. The zero-order chi connectivity index (χ0) is 15.9. The average molecular weight is 297 g/mol. The van der Waals surface area contributed by atoms with E-state index >= 15 is 0 Å². The Labute approximate surface area is 132 Å². The lowest BCUT2D eigenvalue weighted by molar-refractivity contribution is 0.0826. The highest BCUT2D eigenvalue weighted by atomic mass is 16.5. The summed E-state index contributed by atoms with van der Waals surface area (Å²) in [7, 11) is 1.67. The first-order chi connectivity index (χ1) is 10.7. The molecule has 1 amide bonds. The molecule has 3 heteroatoms. The van der Waals surface area contributed by atoms with Crippen LogP contribution in [0.4, 0.5) is 0 Å². The van der Waals surface area contributed by atoms with Gasteiger partial charge in [-0.15, -0.1) is 0 Å². The molecule has 0 bridgehead atoms. The van der Waals surface area contributed by atoms with Crippen LogP contribution < -0.4 is 5.32 Å². The van der Waals surface area contributed by atoms with Gasteiger partial charge in [0.05, 0.1) is 6.10 Å². The standard InChI is InChI=1S/C19H23NO2/c1-4-15-9-11-16(12-10-15)19(21)20-13-18(22-3)17-8-6-5-7-14(17)2/h5-12,18H,4,13H2,1-3H3,(H,20,21). The molecule has 0 saturated heterocycles. The molecule has 0 saturated carbocycles. The number of methoxy groups -OCH3 is 1. The van der Waals surface area contributed by atoms with Gasteiger partial charge in [0, 0.05) is 19.2 Å². The number of hydrogen-bond acceptors (Lipinski definition) is 2. The van der Waals surface area contributed by atoms with Crippen molar-refractivity contribution in [2.24, 2.45) is 0 Å². The van der Waals surface area contributed by atoms with E-state index in [1.165, 1.54) is 5.56 Å². The highest BCUT2D eigenvalue weighted by Gasteiger charge is 2.14. The molecule has 1 unspecified atom stereocenters. The van der Waals surface area contributed by atoms with Gasteiger partial charge in [-0.25, -0.2) is 0 Å². The van der Waals surface area contributed by atoms with E-state index in [4.69, 9.17) is 4.74 Å². The fourth-order valence-corrected chi connectivity index (χ4v) is 2.45. The van der Waals surface area contributed by atoms with Crippen molar-refractivity contribution in [2.45, 2.75) is 26.4 Å². The van der Waals surface area contributed by atoms with E-state index in [1.54, 1.807) is 7.11 Å². The van der Waals surface area contributed by atoms with Crippen LogP contribution in [0.3, 0.4) is 0 Å². The molecule has 1 N–H and O–H groups in total. The number of amides is 1. The molecule has 0 aliphatic carbocycles. The van der Waals surface area contributed by atoms with E-state index in [1.807, 2.05) is 55.5 Å². The summed E-state index contributed by atoms with van der Waals surface area (Å²) in [6.45, 7) is 4.60. The number of carbonyl (C=O) groups is 1. The molecule has 0 heterocycles. The monoisotopic (exact) mass is 297 g/mol. The third-order valence-corrected chi connectivity index (χ3v) is 3.89. The number of ether oxygens (including phenoxy) is 1. The van der Waals surface area contributed by atoms with E-state index in [9.17, 15) is 4.79 Å². The minimum atomic E-state index is -0.139. The third kappa shape index (κ3) is 3.95. The smallest absolute Gasteiger partial charge is 0.251 e. The van der Waals surface area contributed by atoms with Gasteiger partial charge in [0.1, 0.15) is 0 Å². The molecule has 0 aliphatic heterocycles. The van der Waals surface area contributed by atoms with Gasteiger partial charge in [-0.1, -0.05) is 43.3 Å². The maximum Gasteiger partial charge on any atom is 0.251 e. The Kier molecular flexibility index (Phi) is 5.73. The minimum Gasteiger partial charge on any atom is -0.375 e. The van der Waals surface area contributed by atoms with E-state index in [0.29, 0.717) is 12.1 Å². The van der Waals surface area contributed by atoms with Crippen LogP contribution in [-0.2, 0) is 11.2 Å². The van der Waals surface area contributed by atoms with Crippen LogP contribution in [0.5, 0.6) is 0 Å². The van der Waals surface area contributed by atoms with Crippen LogP contribution in [0.1, 0.15) is 40.1 Å². The van der Waals surface area contributed by atoms with Crippen molar-refractivity contribution in [3.8, 4) is 0 Å². The number of benzene rings is 2. The lowest BCUT2D eigenvalue weighted by Gasteiger charge is -2.18. The van der Waals surface area contributed by atoms with Crippen LogP contribution >= 0.6 is 0 Å². The van der Waals surface area contributed by atoms with Crippen LogP contribution in [0.25, 0.3) is 0 Å². The molecule has 3 nitrogen and oxygen atoms in total. The summed E-state index contributed by atoms with van der Waals surface area (Å²) in [4.78, 5) is 12.2. The Bertz CT molecular complexity index is 620. The number of aryl methyl sites for hydroxylation is 2. The van der Waals surface area contributed by atoms with Crippen LogP contribution in [0.15, 0.2) is 48.5 Å². The predicted octanol–water partition coefficient (Wildman–Crippen LogP) is 3.67. The van der Waals surface area contributed by atoms with E-state index in [0.717, 1.165) is 17.5 Å². The molecule has 2 aromatic rings. The third-order valence-electron chi connectivity index (χ3n) is 3.89. The molecule has 2 aromatic carbocycles. The number of hydrogen-bond donors (Lipinski definition) is 1. The SMILES string of the molecule is CCc1ccc(C(=O)NCC(OC)c2ccccc2C)cc1. The number of carbonyl (C=O) groups excluding carboxylic acids is 1. The van der Waals surface area contributed by atoms with Crippen molar-refractivity contribution < 1.29 is 9.53 Å². The highest BCUT2D eigenvalue weighted by molar-refractivity contribution is 5.94. The van der Waals surface area contributed by atoms with E-state index in [2.05, 4.69) is 12.2 Å². The zero-order valence-corrected chi connectivity index (χ0v) is 13.4. The minimum absolute atomic E-state index is 0.0710. The normalized spacial score (nSPS) is 12.0. The van der Waals surface area contributed by atoms with Crippen LogP contribution in [0.2, 0.25) is 0 Å². The summed E-state index contributed by atoms with van der Waals surface area (Å²) in [6.07, 6.45) is 0.834. The van der Waals surface area contributed by atoms with Gasteiger partial charge >= 0.3 is 0 Å². The van der Waals surface area contributed by atoms with Crippen molar-refractivity contribution in [1.29, 1.82) is 0 Å². The fraction of sp³-hybridized carbons (Fsp3) is 0.316. The van der Waals surface area contributed by atoms with Gasteiger partial charge in [0.15, 0.2) is 0 Å². The summed E-state index contributed by atoms with van der Waals surface area (Å²) in [5.74, 6) is -0.0710. The second-order valence-electron chi connectivity index (χ2n) is 5.34. The molecule has 0 aromatic heterocycles. The van der Waals surface area contributed by atoms with E-state index in [-0.39, 0.29) is 12.0 Å². The Morgan fingerprint density at radius 1 is 1.14 bits per heavy atom. The summed E-state index contributed by atoms with van der Waals surface area (Å²) >= 11 is 0. The zero-order valence-electron chi connectivity index (χ0n) is 13.4. The van der Waals surface area contributed by atoms with Crippen LogP contribution in [0, 0.1) is 6.92 Å². The first-order valence-corrected chi connectivity index (χ1v) is 7.61. The molecular formula is C19H23NO2. The molecule has 22 heavy (non-hydrogen) atoms. The van der Waals surface area contributed by atoms with Crippen molar-refractivity contribution in [3.63, 3.8) is 0 Å². The maximum atomic E-state index is 12.2. The van der Waals surface area contributed by atoms with Gasteiger partial charge < -0.3 is 10.1 Å². The first-order valence-electron chi connectivity index (χ1n) is 7.61. The molecule has 116 valence electrons. The lowest BCUT2D eigenvalue weighted by atomic mass is 10.0. The molecule has 0 fully saturated rings. The second kappa shape index (κ2) is 7.76. The average Bonchev–Trinajstić information content (AvgIpc) is 2.56. The lowest BCUT2D eigenvalue weighted by Crippen LogP contribution is -2.29. The topological polar surface area (TPSA) is 38.3 Å². The van der Waals surface area contributed by atoms with Gasteiger partial charge in [0.2, 0.25) is 0 Å². The predicted molar refractivity (Wildman–Crippen MR) is 89.1 cm³/mol. The van der Waals surface area contributed by atoms with Gasteiger partial charge in [-0.05, 0) is 42.2 Å². The Morgan fingerprint density at radius 2 is 1.82 bits per heavy atom. The molecule has 0 radical (unpaired) electrons. The maximum absolute atomic E-state index is 12.2. The van der Waals surface area contributed by atoms with Gasteiger partial charge in [0.25, 0.3) is 5.91 Å². The first kappa shape index (κ1) is 16.2. The Hall–Kier alpha value is -2.13.